The van der Waals surface area contributed by atoms with Crippen molar-refractivity contribution in [2.45, 2.75) is 45.2 Å². The predicted octanol–water partition coefficient (Wildman–Crippen LogP) is 3.66. The van der Waals surface area contributed by atoms with Gasteiger partial charge in [0.1, 0.15) is 5.00 Å². The fourth-order valence-electron chi connectivity index (χ4n) is 3.77. The van der Waals surface area contributed by atoms with Crippen molar-refractivity contribution in [3.8, 4) is 0 Å². The SMILES string of the molecule is CC1(C)Cc2c(sc(NC(=O)C=Cc3ccccc3)c2C(N)=O)C(C)(C)N1. The van der Waals surface area contributed by atoms with E-state index in [2.05, 4.69) is 38.3 Å². The molecule has 4 N–H and O–H groups in total. The zero-order valence-electron chi connectivity index (χ0n) is 16.1. The Labute approximate surface area is 163 Å². The van der Waals surface area contributed by atoms with E-state index in [0.29, 0.717) is 17.0 Å². The smallest absolute Gasteiger partial charge is 0.251 e. The Morgan fingerprint density at radius 1 is 1.19 bits per heavy atom. The summed E-state index contributed by atoms with van der Waals surface area (Å²) in [6.07, 6.45) is 3.88. The van der Waals surface area contributed by atoms with Crippen molar-refractivity contribution in [3.63, 3.8) is 0 Å². The number of nitrogens with one attached hydrogen (secondary N) is 2. The highest BCUT2D eigenvalue weighted by Crippen LogP contribution is 2.44. The first-order valence-electron chi connectivity index (χ1n) is 8.88. The number of rotatable bonds is 4. The Morgan fingerprint density at radius 3 is 2.48 bits per heavy atom. The van der Waals surface area contributed by atoms with Crippen molar-refractivity contribution in [3.05, 3.63) is 58.0 Å². The van der Waals surface area contributed by atoms with E-state index in [1.165, 1.54) is 17.4 Å². The number of anilines is 1. The van der Waals surface area contributed by atoms with E-state index < -0.39 is 5.91 Å². The molecule has 3 rings (SSSR count). The monoisotopic (exact) mass is 383 g/mol. The van der Waals surface area contributed by atoms with Crippen LogP contribution in [-0.4, -0.2) is 17.4 Å². The summed E-state index contributed by atoms with van der Waals surface area (Å²) in [7, 11) is 0. The van der Waals surface area contributed by atoms with Crippen LogP contribution in [0.25, 0.3) is 6.08 Å². The Kier molecular flexibility index (Phi) is 4.97. The molecule has 0 bridgehead atoms. The van der Waals surface area contributed by atoms with Crippen molar-refractivity contribution in [2.75, 3.05) is 5.32 Å². The molecule has 1 aromatic heterocycles. The van der Waals surface area contributed by atoms with Crippen LogP contribution in [0.4, 0.5) is 5.00 Å². The number of thiophene rings is 1. The maximum Gasteiger partial charge on any atom is 0.251 e. The standard InChI is InChI=1S/C21H25N3O2S/c1-20(2)12-14-16(18(22)26)19(27-17(14)21(3,4)24-20)23-15(25)11-10-13-8-6-5-7-9-13/h5-11,24H,12H2,1-4H3,(H2,22,26)(H,23,25). The molecular formula is C21H25N3O2S. The van der Waals surface area contributed by atoms with E-state index in [4.69, 9.17) is 5.73 Å². The second kappa shape index (κ2) is 6.94. The second-order valence-corrected chi connectivity index (χ2v) is 9.04. The topological polar surface area (TPSA) is 84.2 Å². The van der Waals surface area contributed by atoms with Gasteiger partial charge in [-0.1, -0.05) is 30.3 Å². The van der Waals surface area contributed by atoms with Gasteiger partial charge in [-0.3, -0.25) is 9.59 Å². The summed E-state index contributed by atoms with van der Waals surface area (Å²) in [4.78, 5) is 25.6. The number of benzene rings is 1. The lowest BCUT2D eigenvalue weighted by atomic mass is 9.81. The normalized spacial score (nSPS) is 17.5. The van der Waals surface area contributed by atoms with Crippen molar-refractivity contribution < 1.29 is 9.59 Å². The molecule has 0 atom stereocenters. The van der Waals surface area contributed by atoms with Crippen molar-refractivity contribution in [1.82, 2.24) is 5.32 Å². The van der Waals surface area contributed by atoms with Gasteiger partial charge in [-0.25, -0.2) is 0 Å². The number of carbonyl (C=O) groups excluding carboxylic acids is 2. The summed E-state index contributed by atoms with van der Waals surface area (Å²) < 4.78 is 0. The molecule has 27 heavy (non-hydrogen) atoms. The van der Waals surface area contributed by atoms with Gasteiger partial charge in [-0.05, 0) is 51.3 Å². The molecule has 1 aliphatic rings. The fraction of sp³-hybridized carbons (Fsp3) is 0.333. The first-order valence-corrected chi connectivity index (χ1v) is 9.70. The first kappa shape index (κ1) is 19.3. The molecule has 2 heterocycles. The van der Waals surface area contributed by atoms with E-state index >= 15 is 0 Å². The number of hydrogen-bond donors (Lipinski definition) is 3. The highest BCUT2D eigenvalue weighted by Gasteiger charge is 2.41. The average Bonchev–Trinajstić information content (AvgIpc) is 2.91. The Bertz CT molecular complexity index is 911. The van der Waals surface area contributed by atoms with Crippen LogP contribution in [-0.2, 0) is 16.8 Å². The van der Waals surface area contributed by atoms with Crippen molar-refractivity contribution in [1.29, 1.82) is 0 Å². The summed E-state index contributed by atoms with van der Waals surface area (Å²) in [6.45, 7) is 8.35. The van der Waals surface area contributed by atoms with Crippen LogP contribution in [0.15, 0.2) is 36.4 Å². The number of carbonyl (C=O) groups is 2. The molecule has 1 aromatic carbocycles. The Balaban J connectivity index is 1.93. The maximum absolute atomic E-state index is 12.4. The van der Waals surface area contributed by atoms with Crippen LogP contribution in [0.2, 0.25) is 0 Å². The van der Waals surface area contributed by atoms with E-state index in [0.717, 1.165) is 16.0 Å². The molecular weight excluding hydrogens is 358 g/mol. The van der Waals surface area contributed by atoms with E-state index in [1.807, 2.05) is 30.3 Å². The Morgan fingerprint density at radius 2 is 1.85 bits per heavy atom. The third-order valence-electron chi connectivity index (χ3n) is 4.55. The average molecular weight is 384 g/mol. The van der Waals surface area contributed by atoms with Crippen LogP contribution >= 0.6 is 11.3 Å². The summed E-state index contributed by atoms with van der Waals surface area (Å²) in [5.74, 6) is -0.798. The quantitative estimate of drug-likeness (QED) is 0.705. The van der Waals surface area contributed by atoms with Crippen molar-refractivity contribution in [2.24, 2.45) is 5.73 Å². The van der Waals surface area contributed by atoms with E-state index in [-0.39, 0.29) is 17.0 Å². The summed E-state index contributed by atoms with van der Waals surface area (Å²) >= 11 is 1.42. The van der Waals surface area contributed by atoms with Gasteiger partial charge >= 0.3 is 0 Å². The molecule has 0 saturated heterocycles. The van der Waals surface area contributed by atoms with Gasteiger partial charge in [-0.15, -0.1) is 11.3 Å². The van der Waals surface area contributed by atoms with Crippen LogP contribution in [0.1, 0.15) is 54.1 Å². The van der Waals surface area contributed by atoms with Crippen molar-refractivity contribution >= 4 is 34.2 Å². The zero-order chi connectivity index (χ0) is 19.8. The fourth-order valence-corrected chi connectivity index (χ4v) is 5.05. The van der Waals surface area contributed by atoms with Gasteiger partial charge in [-0.2, -0.15) is 0 Å². The highest BCUT2D eigenvalue weighted by molar-refractivity contribution is 7.17. The van der Waals surface area contributed by atoms with E-state index in [9.17, 15) is 9.59 Å². The number of nitrogens with two attached hydrogens (primary N) is 1. The van der Waals surface area contributed by atoms with Crippen LogP contribution < -0.4 is 16.4 Å². The minimum Gasteiger partial charge on any atom is -0.365 e. The predicted molar refractivity (Wildman–Crippen MR) is 111 cm³/mol. The van der Waals surface area contributed by atoms with Gasteiger partial charge in [0.15, 0.2) is 0 Å². The first-order chi connectivity index (χ1) is 12.6. The molecule has 0 spiro atoms. The van der Waals surface area contributed by atoms with E-state index in [1.54, 1.807) is 6.08 Å². The highest BCUT2D eigenvalue weighted by atomic mass is 32.1. The number of primary amides is 1. The number of fused-ring (bicyclic) bond motifs is 1. The van der Waals surface area contributed by atoms with Crippen LogP contribution in [0, 0.1) is 0 Å². The lowest BCUT2D eigenvalue weighted by Gasteiger charge is -2.42. The second-order valence-electron chi connectivity index (χ2n) is 8.02. The Hall–Kier alpha value is -2.44. The molecule has 2 amide bonds. The third-order valence-corrected chi connectivity index (χ3v) is 6.03. The molecule has 0 fully saturated rings. The zero-order valence-corrected chi connectivity index (χ0v) is 16.9. The summed E-state index contributed by atoms with van der Waals surface area (Å²) in [5.41, 5.74) is 7.49. The van der Waals surface area contributed by atoms with Crippen LogP contribution in [0.5, 0.6) is 0 Å². The lowest BCUT2D eigenvalue weighted by molar-refractivity contribution is -0.111. The minimum atomic E-state index is -0.511. The molecule has 0 aliphatic carbocycles. The molecule has 0 unspecified atom stereocenters. The van der Waals surface area contributed by atoms with Gasteiger partial charge in [0.2, 0.25) is 5.91 Å². The summed E-state index contributed by atoms with van der Waals surface area (Å²) in [6, 6.07) is 9.57. The molecule has 0 saturated carbocycles. The molecule has 142 valence electrons. The third kappa shape index (κ3) is 4.12. The van der Waals surface area contributed by atoms with Gasteiger partial charge < -0.3 is 16.4 Å². The maximum atomic E-state index is 12.4. The van der Waals surface area contributed by atoms with Gasteiger partial charge in [0.05, 0.1) is 5.56 Å². The number of hydrogen-bond acceptors (Lipinski definition) is 4. The molecule has 6 heteroatoms. The van der Waals surface area contributed by atoms with Crippen LogP contribution in [0.3, 0.4) is 0 Å². The molecule has 2 aromatic rings. The molecule has 0 radical (unpaired) electrons. The lowest BCUT2D eigenvalue weighted by Crippen LogP contribution is -2.55. The van der Waals surface area contributed by atoms with Gasteiger partial charge in [0.25, 0.3) is 5.91 Å². The summed E-state index contributed by atoms with van der Waals surface area (Å²) in [5, 5.41) is 6.96. The number of amides is 2. The largest absolute Gasteiger partial charge is 0.365 e. The van der Waals surface area contributed by atoms with Gasteiger partial charge in [0, 0.05) is 22.0 Å². The molecule has 1 aliphatic heterocycles. The molecule has 5 nitrogen and oxygen atoms in total. The minimum absolute atomic E-state index is 0.170.